The van der Waals surface area contributed by atoms with Gasteiger partial charge in [-0.1, -0.05) is 25.1 Å². The number of nitrogens with one attached hydrogen (secondary N) is 1. The number of aryl methyl sites for hydroxylation is 2. The van der Waals surface area contributed by atoms with Crippen molar-refractivity contribution >= 4 is 27.5 Å². The van der Waals surface area contributed by atoms with Crippen molar-refractivity contribution in [1.82, 2.24) is 10.2 Å². The number of anilines is 1. The molecule has 0 aliphatic heterocycles. The summed E-state index contributed by atoms with van der Waals surface area (Å²) < 4.78 is 31.6. The summed E-state index contributed by atoms with van der Waals surface area (Å²) in [5, 5.41) is 2.82. The van der Waals surface area contributed by atoms with Gasteiger partial charge in [0.15, 0.2) is 0 Å². The third kappa shape index (κ3) is 8.26. The molecule has 1 N–H and O–H groups in total. The van der Waals surface area contributed by atoms with Crippen LogP contribution in [0.4, 0.5) is 5.69 Å². The zero-order chi connectivity index (χ0) is 26.9. The third-order valence-corrected chi connectivity index (χ3v) is 7.09. The number of carbonyl (C=O) groups is 2. The van der Waals surface area contributed by atoms with Gasteiger partial charge in [0, 0.05) is 26.1 Å². The number of carbonyl (C=O) groups excluding carboxylic acids is 2. The van der Waals surface area contributed by atoms with Crippen LogP contribution in [0.5, 0.6) is 5.75 Å². The molecule has 0 saturated heterocycles. The Kier molecular flexibility index (Phi) is 10.8. The molecule has 198 valence electrons. The standard InChI is InChI=1S/C27H39N3O5S/c1-7-25(27(32)28-8-2)29(19-22-11-13-24(35-5)14-12-22)26(31)10-9-15-30(36(6,33)34)23-17-20(3)16-21(4)18-23/h11-14,16-18,25H,7-10,15,19H2,1-6H3,(H,28,32)/t25-/m1/s1. The van der Waals surface area contributed by atoms with E-state index in [2.05, 4.69) is 5.32 Å². The first-order chi connectivity index (χ1) is 17.0. The Morgan fingerprint density at radius 3 is 2.14 bits per heavy atom. The summed E-state index contributed by atoms with van der Waals surface area (Å²) in [7, 11) is -1.95. The molecule has 2 aromatic carbocycles. The Morgan fingerprint density at radius 1 is 1.03 bits per heavy atom. The van der Waals surface area contributed by atoms with Crippen molar-refractivity contribution in [3.05, 3.63) is 59.2 Å². The van der Waals surface area contributed by atoms with Crippen molar-refractivity contribution < 1.29 is 22.7 Å². The Labute approximate surface area is 215 Å². The predicted molar refractivity (Wildman–Crippen MR) is 144 cm³/mol. The highest BCUT2D eigenvalue weighted by atomic mass is 32.2. The summed E-state index contributed by atoms with van der Waals surface area (Å²) >= 11 is 0. The molecule has 0 bridgehead atoms. The maximum Gasteiger partial charge on any atom is 0.242 e. The third-order valence-electron chi connectivity index (χ3n) is 5.90. The SMILES string of the molecule is CCNC(=O)[C@@H](CC)N(Cc1ccc(OC)cc1)C(=O)CCCN(c1cc(C)cc(C)c1)S(C)(=O)=O. The van der Waals surface area contributed by atoms with Crippen molar-refractivity contribution in [3.8, 4) is 5.75 Å². The van der Waals surface area contributed by atoms with Crippen LogP contribution in [0.25, 0.3) is 0 Å². The number of rotatable bonds is 13. The van der Waals surface area contributed by atoms with E-state index in [1.807, 2.05) is 70.2 Å². The van der Waals surface area contributed by atoms with Crippen molar-refractivity contribution in [3.63, 3.8) is 0 Å². The zero-order valence-electron chi connectivity index (χ0n) is 22.2. The molecule has 0 saturated carbocycles. The average Bonchev–Trinajstić information content (AvgIpc) is 2.80. The molecule has 0 aliphatic carbocycles. The highest BCUT2D eigenvalue weighted by molar-refractivity contribution is 7.92. The second-order valence-corrected chi connectivity index (χ2v) is 10.9. The van der Waals surface area contributed by atoms with Gasteiger partial charge in [-0.2, -0.15) is 0 Å². The van der Waals surface area contributed by atoms with E-state index in [0.717, 1.165) is 16.7 Å². The van der Waals surface area contributed by atoms with Gasteiger partial charge in [-0.3, -0.25) is 13.9 Å². The second-order valence-electron chi connectivity index (χ2n) is 8.97. The lowest BCUT2D eigenvalue weighted by atomic mass is 10.1. The van der Waals surface area contributed by atoms with Gasteiger partial charge in [-0.15, -0.1) is 0 Å². The van der Waals surface area contributed by atoms with E-state index in [9.17, 15) is 18.0 Å². The zero-order valence-corrected chi connectivity index (χ0v) is 23.0. The van der Waals surface area contributed by atoms with Gasteiger partial charge in [0.1, 0.15) is 11.8 Å². The van der Waals surface area contributed by atoms with Crippen molar-refractivity contribution in [2.75, 3.05) is 30.8 Å². The molecule has 0 aliphatic rings. The number of amides is 2. The van der Waals surface area contributed by atoms with Crippen LogP contribution in [0.2, 0.25) is 0 Å². The molecule has 0 aromatic heterocycles. The van der Waals surface area contributed by atoms with E-state index < -0.39 is 16.1 Å². The van der Waals surface area contributed by atoms with Crippen LogP contribution in [0.1, 0.15) is 49.8 Å². The summed E-state index contributed by atoms with van der Waals surface area (Å²) in [6, 6.07) is 12.4. The quantitative estimate of drug-likeness (QED) is 0.436. The molecule has 8 nitrogen and oxygen atoms in total. The van der Waals surface area contributed by atoms with Crippen LogP contribution in [0, 0.1) is 13.8 Å². The number of methoxy groups -OCH3 is 1. The summed E-state index contributed by atoms with van der Waals surface area (Å²) in [4.78, 5) is 27.8. The number of likely N-dealkylation sites (N-methyl/N-ethyl adjacent to an activating group) is 1. The molecule has 0 spiro atoms. The van der Waals surface area contributed by atoms with Crippen molar-refractivity contribution in [2.24, 2.45) is 0 Å². The Bertz CT molecular complexity index is 1110. The summed E-state index contributed by atoms with van der Waals surface area (Å²) in [6.07, 6.45) is 2.07. The van der Waals surface area contributed by atoms with E-state index in [4.69, 9.17) is 4.74 Å². The molecule has 0 unspecified atom stereocenters. The van der Waals surface area contributed by atoms with E-state index in [-0.39, 0.29) is 31.3 Å². The fourth-order valence-electron chi connectivity index (χ4n) is 4.24. The van der Waals surface area contributed by atoms with Crippen LogP contribution in [0.15, 0.2) is 42.5 Å². The molecule has 36 heavy (non-hydrogen) atoms. The first-order valence-electron chi connectivity index (χ1n) is 12.3. The number of nitrogens with zero attached hydrogens (tertiary/aromatic N) is 2. The molecule has 9 heteroatoms. The number of sulfonamides is 1. The normalized spacial score (nSPS) is 12.1. The fraction of sp³-hybridized carbons (Fsp3) is 0.481. The monoisotopic (exact) mass is 517 g/mol. The number of hydrogen-bond donors (Lipinski definition) is 1. The molecular weight excluding hydrogens is 478 g/mol. The Hall–Kier alpha value is -3.07. The summed E-state index contributed by atoms with van der Waals surface area (Å²) in [5.74, 6) is 0.312. The number of ether oxygens (including phenoxy) is 1. The average molecular weight is 518 g/mol. The molecule has 1 atom stereocenters. The van der Waals surface area contributed by atoms with Gasteiger partial charge in [-0.05, 0) is 74.6 Å². The molecule has 0 radical (unpaired) electrons. The van der Waals surface area contributed by atoms with Crippen LogP contribution in [0.3, 0.4) is 0 Å². The second kappa shape index (κ2) is 13.3. The maximum atomic E-state index is 13.4. The van der Waals surface area contributed by atoms with Gasteiger partial charge in [0.2, 0.25) is 21.8 Å². The van der Waals surface area contributed by atoms with Gasteiger partial charge < -0.3 is 15.0 Å². The van der Waals surface area contributed by atoms with Crippen LogP contribution < -0.4 is 14.4 Å². The highest BCUT2D eigenvalue weighted by Gasteiger charge is 2.28. The minimum atomic E-state index is -3.53. The van der Waals surface area contributed by atoms with Crippen LogP contribution in [-0.2, 0) is 26.2 Å². The minimum Gasteiger partial charge on any atom is -0.497 e. The maximum absolute atomic E-state index is 13.4. The lowest BCUT2D eigenvalue weighted by Gasteiger charge is -2.31. The molecule has 0 fully saturated rings. The van der Waals surface area contributed by atoms with E-state index in [0.29, 0.717) is 30.8 Å². The summed E-state index contributed by atoms with van der Waals surface area (Å²) in [5.41, 5.74) is 3.40. The van der Waals surface area contributed by atoms with E-state index in [1.165, 1.54) is 10.6 Å². The molecule has 2 aromatic rings. The highest BCUT2D eigenvalue weighted by Crippen LogP contribution is 2.23. The molecule has 2 amide bonds. The number of benzene rings is 2. The Morgan fingerprint density at radius 2 is 1.64 bits per heavy atom. The molecule has 2 rings (SSSR count). The fourth-order valence-corrected chi connectivity index (χ4v) is 5.19. The van der Waals surface area contributed by atoms with Gasteiger partial charge in [0.05, 0.1) is 19.1 Å². The van der Waals surface area contributed by atoms with Crippen LogP contribution in [-0.4, -0.2) is 57.6 Å². The number of hydrogen-bond acceptors (Lipinski definition) is 5. The Balaban J connectivity index is 2.22. The smallest absolute Gasteiger partial charge is 0.242 e. The first kappa shape index (κ1) is 29.2. The lowest BCUT2D eigenvalue weighted by Crippen LogP contribution is -2.49. The minimum absolute atomic E-state index is 0.114. The van der Waals surface area contributed by atoms with Crippen molar-refractivity contribution in [2.45, 2.75) is 59.5 Å². The van der Waals surface area contributed by atoms with Crippen molar-refractivity contribution in [1.29, 1.82) is 0 Å². The van der Waals surface area contributed by atoms with Gasteiger partial charge >= 0.3 is 0 Å². The molecule has 0 heterocycles. The van der Waals surface area contributed by atoms with E-state index >= 15 is 0 Å². The first-order valence-corrected chi connectivity index (χ1v) is 14.1. The largest absolute Gasteiger partial charge is 0.497 e. The topological polar surface area (TPSA) is 96.0 Å². The predicted octanol–water partition coefficient (Wildman–Crippen LogP) is 3.80. The van der Waals surface area contributed by atoms with Gasteiger partial charge in [0.25, 0.3) is 0 Å². The van der Waals surface area contributed by atoms with E-state index in [1.54, 1.807) is 12.0 Å². The lowest BCUT2D eigenvalue weighted by molar-refractivity contribution is -0.141. The summed E-state index contributed by atoms with van der Waals surface area (Å²) in [6.45, 7) is 8.46. The molecular formula is C27H39N3O5S. The van der Waals surface area contributed by atoms with Gasteiger partial charge in [-0.25, -0.2) is 8.42 Å². The van der Waals surface area contributed by atoms with Crippen LogP contribution >= 0.6 is 0 Å².